The van der Waals surface area contributed by atoms with Crippen molar-refractivity contribution in [3.8, 4) is 0 Å². The summed E-state index contributed by atoms with van der Waals surface area (Å²) in [6, 6.07) is 6.34. The van der Waals surface area contributed by atoms with Crippen LogP contribution in [0.2, 0.25) is 0 Å². The van der Waals surface area contributed by atoms with Crippen molar-refractivity contribution in [2.45, 2.75) is 51.0 Å². The van der Waals surface area contributed by atoms with Crippen LogP contribution >= 0.6 is 0 Å². The summed E-state index contributed by atoms with van der Waals surface area (Å²) in [5.74, 6) is 0.0682. The van der Waals surface area contributed by atoms with E-state index in [4.69, 9.17) is 0 Å². The number of amides is 1. The summed E-state index contributed by atoms with van der Waals surface area (Å²) in [5.41, 5.74) is 3.49. The molecule has 2 rings (SSSR count). The lowest BCUT2D eigenvalue weighted by Crippen LogP contribution is -2.36. The van der Waals surface area contributed by atoms with Crippen LogP contribution in [0, 0.1) is 10.1 Å². The first-order valence-corrected chi connectivity index (χ1v) is 7.96. The van der Waals surface area contributed by atoms with Gasteiger partial charge in [0.25, 0.3) is 5.69 Å². The number of nitrogens with one attached hydrogen (secondary N) is 2. The van der Waals surface area contributed by atoms with Gasteiger partial charge < -0.3 is 5.32 Å². The molecule has 7 nitrogen and oxygen atoms in total. The van der Waals surface area contributed by atoms with Gasteiger partial charge in [0.15, 0.2) is 0 Å². The molecule has 0 heterocycles. The fourth-order valence-electron chi connectivity index (χ4n) is 2.58. The molecule has 0 saturated heterocycles. The molecule has 0 unspecified atom stereocenters. The highest BCUT2D eigenvalue weighted by atomic mass is 16.6. The third-order valence-corrected chi connectivity index (χ3v) is 3.83. The highest BCUT2D eigenvalue weighted by molar-refractivity contribution is 5.79. The SMILES string of the molecule is O=C(CC/C=N/Nc1ccc([N+](=O)[O-])cc1)NC1CCCCC1. The Morgan fingerprint density at radius 2 is 1.96 bits per heavy atom. The lowest BCUT2D eigenvalue weighted by atomic mass is 9.95. The van der Waals surface area contributed by atoms with Crippen LogP contribution in [-0.4, -0.2) is 23.1 Å². The van der Waals surface area contributed by atoms with Crippen molar-refractivity contribution in [3.63, 3.8) is 0 Å². The van der Waals surface area contributed by atoms with Crippen molar-refractivity contribution in [1.29, 1.82) is 0 Å². The summed E-state index contributed by atoms with van der Waals surface area (Å²) >= 11 is 0. The Kier molecular flexibility index (Phi) is 6.53. The van der Waals surface area contributed by atoms with Gasteiger partial charge >= 0.3 is 0 Å². The van der Waals surface area contributed by atoms with Crippen LogP contribution in [0.25, 0.3) is 0 Å². The molecule has 7 heteroatoms. The minimum atomic E-state index is -0.446. The highest BCUT2D eigenvalue weighted by Crippen LogP contribution is 2.17. The fourth-order valence-corrected chi connectivity index (χ4v) is 2.58. The molecule has 0 radical (unpaired) electrons. The normalized spacial score (nSPS) is 15.5. The number of hydrazone groups is 1. The smallest absolute Gasteiger partial charge is 0.269 e. The topological polar surface area (TPSA) is 96.6 Å². The molecule has 1 aromatic carbocycles. The predicted octanol–water partition coefficient (Wildman–Crippen LogP) is 3.22. The first-order chi connectivity index (χ1) is 11.1. The van der Waals surface area contributed by atoms with Gasteiger partial charge in [0.1, 0.15) is 0 Å². The molecule has 0 aromatic heterocycles. The Bertz CT molecular complexity index is 551. The molecule has 1 aliphatic carbocycles. The standard InChI is InChI=1S/C16H22N4O3/c21-16(18-13-5-2-1-3-6-13)7-4-12-17-19-14-8-10-15(11-9-14)20(22)23/h8-13,19H,1-7H2,(H,18,21)/b17-12+. The summed E-state index contributed by atoms with van der Waals surface area (Å²) in [5, 5.41) is 17.6. The minimum Gasteiger partial charge on any atom is -0.353 e. The number of non-ortho nitro benzene ring substituents is 1. The quantitative estimate of drug-likeness (QED) is 0.458. The van der Waals surface area contributed by atoms with E-state index >= 15 is 0 Å². The molecule has 1 fully saturated rings. The van der Waals surface area contributed by atoms with Crippen molar-refractivity contribution in [2.24, 2.45) is 5.10 Å². The van der Waals surface area contributed by atoms with Crippen molar-refractivity contribution < 1.29 is 9.72 Å². The number of nitro benzene ring substituents is 1. The van der Waals surface area contributed by atoms with E-state index in [2.05, 4.69) is 15.8 Å². The van der Waals surface area contributed by atoms with Crippen molar-refractivity contribution >= 4 is 23.5 Å². The summed E-state index contributed by atoms with van der Waals surface area (Å²) < 4.78 is 0. The van der Waals surface area contributed by atoms with E-state index in [1.165, 1.54) is 31.4 Å². The maximum atomic E-state index is 11.8. The molecular formula is C16H22N4O3. The van der Waals surface area contributed by atoms with Gasteiger partial charge in [0, 0.05) is 30.8 Å². The molecule has 1 saturated carbocycles. The lowest BCUT2D eigenvalue weighted by Gasteiger charge is -2.22. The molecule has 23 heavy (non-hydrogen) atoms. The highest BCUT2D eigenvalue weighted by Gasteiger charge is 2.14. The average molecular weight is 318 g/mol. The predicted molar refractivity (Wildman–Crippen MR) is 89.5 cm³/mol. The third kappa shape index (κ3) is 6.06. The van der Waals surface area contributed by atoms with Gasteiger partial charge in [-0.2, -0.15) is 5.10 Å². The molecule has 124 valence electrons. The van der Waals surface area contributed by atoms with Gasteiger partial charge in [-0.1, -0.05) is 19.3 Å². The van der Waals surface area contributed by atoms with Crippen molar-refractivity contribution in [3.05, 3.63) is 34.4 Å². The van der Waals surface area contributed by atoms with Crippen LogP contribution in [0.3, 0.4) is 0 Å². The van der Waals surface area contributed by atoms with E-state index in [1.807, 2.05) is 0 Å². The van der Waals surface area contributed by atoms with Crippen molar-refractivity contribution in [1.82, 2.24) is 5.32 Å². The maximum Gasteiger partial charge on any atom is 0.269 e. The number of nitrogens with zero attached hydrogens (tertiary/aromatic N) is 2. The number of anilines is 1. The Morgan fingerprint density at radius 1 is 1.26 bits per heavy atom. The van der Waals surface area contributed by atoms with E-state index in [0.29, 0.717) is 24.6 Å². The third-order valence-electron chi connectivity index (χ3n) is 3.83. The molecule has 1 amide bonds. The second kappa shape index (κ2) is 8.87. The molecule has 1 aliphatic rings. The lowest BCUT2D eigenvalue weighted by molar-refractivity contribution is -0.384. The monoisotopic (exact) mass is 318 g/mol. The van der Waals surface area contributed by atoms with E-state index in [9.17, 15) is 14.9 Å². The number of hydrogen-bond acceptors (Lipinski definition) is 5. The van der Waals surface area contributed by atoms with Crippen molar-refractivity contribution in [2.75, 3.05) is 5.43 Å². The van der Waals surface area contributed by atoms with E-state index in [0.717, 1.165) is 12.8 Å². The fraction of sp³-hybridized carbons (Fsp3) is 0.500. The first-order valence-electron chi connectivity index (χ1n) is 7.96. The van der Waals surface area contributed by atoms with Crippen LogP contribution in [0.15, 0.2) is 29.4 Å². The summed E-state index contributed by atoms with van der Waals surface area (Å²) in [4.78, 5) is 21.9. The first kappa shape index (κ1) is 16.9. The zero-order valence-corrected chi connectivity index (χ0v) is 13.0. The second-order valence-electron chi connectivity index (χ2n) is 5.67. The number of carbonyl (C=O) groups excluding carboxylic acids is 1. The van der Waals surface area contributed by atoms with Crippen LogP contribution < -0.4 is 10.7 Å². The Labute approximate surface area is 135 Å². The Hall–Kier alpha value is -2.44. The molecule has 1 aromatic rings. The van der Waals surface area contributed by atoms with Crippen LogP contribution in [-0.2, 0) is 4.79 Å². The average Bonchev–Trinajstić information content (AvgIpc) is 2.56. The van der Waals surface area contributed by atoms with Gasteiger partial charge in [-0.3, -0.25) is 20.3 Å². The molecule has 0 bridgehead atoms. The van der Waals surface area contributed by atoms with Gasteiger partial charge in [-0.05, 0) is 31.4 Å². The Morgan fingerprint density at radius 3 is 2.61 bits per heavy atom. The second-order valence-corrected chi connectivity index (χ2v) is 5.67. The van der Waals surface area contributed by atoms with Crippen LogP contribution in [0.1, 0.15) is 44.9 Å². The van der Waals surface area contributed by atoms with E-state index in [-0.39, 0.29) is 11.6 Å². The largest absolute Gasteiger partial charge is 0.353 e. The number of benzene rings is 1. The molecular weight excluding hydrogens is 296 g/mol. The summed E-state index contributed by atoms with van der Waals surface area (Å²) in [6.45, 7) is 0. The van der Waals surface area contributed by atoms with Gasteiger partial charge in [-0.25, -0.2) is 0 Å². The number of hydrogen-bond donors (Lipinski definition) is 2. The van der Waals surface area contributed by atoms with Gasteiger partial charge in [-0.15, -0.1) is 0 Å². The van der Waals surface area contributed by atoms with E-state index in [1.54, 1.807) is 18.3 Å². The van der Waals surface area contributed by atoms with Gasteiger partial charge in [0.2, 0.25) is 5.91 Å². The molecule has 2 N–H and O–H groups in total. The van der Waals surface area contributed by atoms with Crippen LogP contribution in [0.4, 0.5) is 11.4 Å². The zero-order chi connectivity index (χ0) is 16.5. The summed E-state index contributed by atoms with van der Waals surface area (Å²) in [7, 11) is 0. The van der Waals surface area contributed by atoms with E-state index < -0.39 is 4.92 Å². The Balaban J connectivity index is 1.64. The maximum absolute atomic E-state index is 11.8. The summed E-state index contributed by atoms with van der Waals surface area (Å²) in [6.07, 6.45) is 8.45. The zero-order valence-electron chi connectivity index (χ0n) is 13.0. The van der Waals surface area contributed by atoms with Gasteiger partial charge in [0.05, 0.1) is 10.6 Å². The molecule has 0 atom stereocenters. The molecule has 0 spiro atoms. The molecule has 0 aliphatic heterocycles. The number of nitro groups is 1. The van der Waals surface area contributed by atoms with Crippen LogP contribution in [0.5, 0.6) is 0 Å². The number of rotatable bonds is 7. The number of carbonyl (C=O) groups is 1. The minimum absolute atomic E-state index is 0.0407.